The predicted octanol–water partition coefficient (Wildman–Crippen LogP) is 2.42. The van der Waals surface area contributed by atoms with E-state index in [1.165, 1.54) is 12.1 Å². The van der Waals surface area contributed by atoms with Crippen LogP contribution in [0.2, 0.25) is 0 Å². The Morgan fingerprint density at radius 3 is 2.57 bits per heavy atom. The lowest BCUT2D eigenvalue weighted by atomic mass is 10.1. The molecule has 0 radical (unpaired) electrons. The molecule has 0 bridgehead atoms. The van der Waals surface area contributed by atoms with Gasteiger partial charge in [0.25, 0.3) is 5.56 Å². The summed E-state index contributed by atoms with van der Waals surface area (Å²) < 4.78 is 15.6. The standard InChI is InChI=1S/C23H28FN5O/c1-26(2)9-14-29-21-16-20(24)7-6-18(21)15-19(23(29)30)17-27-10-12-28(13-11-27)22-5-3-4-8-25-22/h3-8,15-16H,9-14,17H2,1-2H3. The number of piperazine rings is 1. The minimum atomic E-state index is -0.320. The summed E-state index contributed by atoms with van der Waals surface area (Å²) in [7, 11) is 3.94. The van der Waals surface area contributed by atoms with Crippen LogP contribution in [0.5, 0.6) is 0 Å². The van der Waals surface area contributed by atoms with Gasteiger partial charge < -0.3 is 14.4 Å². The minimum Gasteiger partial charge on any atom is -0.354 e. The van der Waals surface area contributed by atoms with Gasteiger partial charge in [0, 0.05) is 57.6 Å². The molecule has 0 aliphatic carbocycles. The van der Waals surface area contributed by atoms with Crippen molar-refractivity contribution < 1.29 is 4.39 Å². The van der Waals surface area contributed by atoms with E-state index in [0.29, 0.717) is 18.6 Å². The first-order valence-electron chi connectivity index (χ1n) is 10.4. The predicted molar refractivity (Wildman–Crippen MR) is 118 cm³/mol. The number of likely N-dealkylation sites (N-methyl/N-ethyl adjacent to an activating group) is 1. The molecule has 0 saturated carbocycles. The van der Waals surface area contributed by atoms with Crippen LogP contribution in [0.25, 0.3) is 10.9 Å². The van der Waals surface area contributed by atoms with E-state index < -0.39 is 0 Å². The lowest BCUT2D eigenvalue weighted by Crippen LogP contribution is -2.47. The molecule has 2 aromatic heterocycles. The maximum absolute atomic E-state index is 13.9. The van der Waals surface area contributed by atoms with Crippen molar-refractivity contribution in [1.82, 2.24) is 19.4 Å². The van der Waals surface area contributed by atoms with Crippen molar-refractivity contribution in [1.29, 1.82) is 0 Å². The molecule has 1 aliphatic heterocycles. The minimum absolute atomic E-state index is 0.0258. The lowest BCUT2D eigenvalue weighted by molar-refractivity contribution is 0.248. The molecule has 0 unspecified atom stereocenters. The van der Waals surface area contributed by atoms with E-state index in [2.05, 4.69) is 14.8 Å². The van der Waals surface area contributed by atoms with E-state index in [-0.39, 0.29) is 11.4 Å². The quantitative estimate of drug-likeness (QED) is 0.626. The molecule has 6 nitrogen and oxygen atoms in total. The highest BCUT2D eigenvalue weighted by molar-refractivity contribution is 5.79. The number of aromatic nitrogens is 2. The molecule has 0 atom stereocenters. The molecule has 1 saturated heterocycles. The number of halogens is 1. The molecule has 0 spiro atoms. The molecule has 3 heterocycles. The third kappa shape index (κ3) is 4.52. The van der Waals surface area contributed by atoms with E-state index in [4.69, 9.17) is 0 Å². The second-order valence-electron chi connectivity index (χ2n) is 8.08. The van der Waals surface area contributed by atoms with E-state index in [0.717, 1.165) is 49.5 Å². The fourth-order valence-electron chi connectivity index (χ4n) is 3.96. The first kappa shape index (κ1) is 20.5. The first-order valence-corrected chi connectivity index (χ1v) is 10.4. The molecule has 4 rings (SSSR count). The zero-order chi connectivity index (χ0) is 21.1. The van der Waals surface area contributed by atoms with Gasteiger partial charge in [-0.3, -0.25) is 9.69 Å². The highest BCUT2D eigenvalue weighted by Gasteiger charge is 2.20. The van der Waals surface area contributed by atoms with Crippen molar-refractivity contribution in [3.8, 4) is 0 Å². The molecule has 0 amide bonds. The molecule has 1 fully saturated rings. The number of hydrogen-bond donors (Lipinski definition) is 0. The summed E-state index contributed by atoms with van der Waals surface area (Å²) in [6, 6.07) is 12.6. The maximum Gasteiger partial charge on any atom is 0.255 e. The van der Waals surface area contributed by atoms with Crippen LogP contribution in [0.3, 0.4) is 0 Å². The molecule has 3 aromatic rings. The summed E-state index contributed by atoms with van der Waals surface area (Å²) in [5.41, 5.74) is 1.40. The molecular formula is C23H28FN5O. The van der Waals surface area contributed by atoms with Crippen LogP contribution in [0.1, 0.15) is 5.56 Å². The monoisotopic (exact) mass is 409 g/mol. The normalized spacial score (nSPS) is 15.3. The number of nitrogens with zero attached hydrogens (tertiary/aromatic N) is 5. The van der Waals surface area contributed by atoms with Gasteiger partial charge in [-0.05, 0) is 55.9 Å². The van der Waals surface area contributed by atoms with Crippen LogP contribution in [-0.4, -0.2) is 66.2 Å². The molecule has 7 heteroatoms. The smallest absolute Gasteiger partial charge is 0.255 e. The third-order valence-corrected chi connectivity index (χ3v) is 5.64. The van der Waals surface area contributed by atoms with E-state index in [9.17, 15) is 9.18 Å². The van der Waals surface area contributed by atoms with Gasteiger partial charge in [0.15, 0.2) is 0 Å². The molecule has 158 valence electrons. The number of fused-ring (bicyclic) bond motifs is 1. The van der Waals surface area contributed by atoms with Gasteiger partial charge in [0.2, 0.25) is 0 Å². The summed E-state index contributed by atoms with van der Waals surface area (Å²) in [4.78, 5) is 24.3. The maximum atomic E-state index is 13.9. The first-order chi connectivity index (χ1) is 14.5. The lowest BCUT2D eigenvalue weighted by Gasteiger charge is -2.35. The summed E-state index contributed by atoms with van der Waals surface area (Å²) in [5, 5.41) is 0.900. The largest absolute Gasteiger partial charge is 0.354 e. The van der Waals surface area contributed by atoms with Crippen molar-refractivity contribution in [2.75, 3.05) is 51.7 Å². The van der Waals surface area contributed by atoms with Crippen LogP contribution < -0.4 is 10.5 Å². The van der Waals surface area contributed by atoms with Crippen LogP contribution in [0.4, 0.5) is 10.2 Å². The van der Waals surface area contributed by atoms with Gasteiger partial charge in [-0.2, -0.15) is 0 Å². The molecule has 30 heavy (non-hydrogen) atoms. The summed E-state index contributed by atoms with van der Waals surface area (Å²) >= 11 is 0. The van der Waals surface area contributed by atoms with Gasteiger partial charge in [-0.1, -0.05) is 6.07 Å². The van der Waals surface area contributed by atoms with Gasteiger partial charge >= 0.3 is 0 Å². The Bertz CT molecular complexity index is 1060. The fraction of sp³-hybridized carbons (Fsp3) is 0.391. The van der Waals surface area contributed by atoms with Crippen molar-refractivity contribution >= 4 is 16.7 Å². The average molecular weight is 410 g/mol. The molecule has 0 N–H and O–H groups in total. The number of anilines is 1. The number of hydrogen-bond acceptors (Lipinski definition) is 5. The number of pyridine rings is 2. The van der Waals surface area contributed by atoms with Crippen molar-refractivity contribution in [3.63, 3.8) is 0 Å². The second-order valence-corrected chi connectivity index (χ2v) is 8.08. The number of rotatable bonds is 6. The second kappa shape index (κ2) is 8.93. The molecule has 1 aliphatic rings. The van der Waals surface area contributed by atoms with E-state index >= 15 is 0 Å². The van der Waals surface area contributed by atoms with Crippen molar-refractivity contribution in [2.45, 2.75) is 13.1 Å². The Hall–Kier alpha value is -2.77. The Morgan fingerprint density at radius 1 is 1.07 bits per heavy atom. The fourth-order valence-corrected chi connectivity index (χ4v) is 3.96. The molecule has 1 aromatic carbocycles. The SMILES string of the molecule is CN(C)CCn1c(=O)c(CN2CCN(c3ccccn3)CC2)cc2ccc(F)cc21. The van der Waals surface area contributed by atoms with Crippen LogP contribution in [0, 0.1) is 5.82 Å². The Morgan fingerprint density at radius 2 is 1.87 bits per heavy atom. The van der Waals surface area contributed by atoms with Gasteiger partial charge in [-0.15, -0.1) is 0 Å². The summed E-state index contributed by atoms with van der Waals surface area (Å²) in [6.45, 7) is 5.36. The van der Waals surface area contributed by atoms with Crippen LogP contribution in [0.15, 0.2) is 53.5 Å². The Labute approximate surface area is 176 Å². The Balaban J connectivity index is 1.55. The Kier molecular flexibility index (Phi) is 6.11. The topological polar surface area (TPSA) is 44.6 Å². The van der Waals surface area contributed by atoms with E-state index in [1.54, 1.807) is 10.6 Å². The van der Waals surface area contributed by atoms with Crippen molar-refractivity contribution in [2.24, 2.45) is 0 Å². The summed E-state index contributed by atoms with van der Waals surface area (Å²) in [5.74, 6) is 0.676. The van der Waals surface area contributed by atoms with Gasteiger partial charge in [0.05, 0.1) is 5.52 Å². The third-order valence-electron chi connectivity index (χ3n) is 5.64. The van der Waals surface area contributed by atoms with Crippen molar-refractivity contribution in [3.05, 3.63) is 70.4 Å². The molecular weight excluding hydrogens is 381 g/mol. The zero-order valence-corrected chi connectivity index (χ0v) is 17.6. The van der Waals surface area contributed by atoms with Crippen LogP contribution >= 0.6 is 0 Å². The number of benzene rings is 1. The average Bonchev–Trinajstić information content (AvgIpc) is 2.75. The highest BCUT2D eigenvalue weighted by atomic mass is 19.1. The van der Waals surface area contributed by atoms with Gasteiger partial charge in [-0.25, -0.2) is 9.37 Å². The van der Waals surface area contributed by atoms with E-state index in [1.807, 2.05) is 49.5 Å². The zero-order valence-electron chi connectivity index (χ0n) is 17.6. The summed E-state index contributed by atoms with van der Waals surface area (Å²) in [6.07, 6.45) is 1.82. The van der Waals surface area contributed by atoms with Gasteiger partial charge in [0.1, 0.15) is 11.6 Å². The highest BCUT2D eigenvalue weighted by Crippen LogP contribution is 2.18. The van der Waals surface area contributed by atoms with Crippen LogP contribution in [-0.2, 0) is 13.1 Å².